The Morgan fingerprint density at radius 1 is 1.27 bits per heavy atom. The third kappa shape index (κ3) is 6.40. The Hall–Kier alpha value is -3.22. The van der Waals surface area contributed by atoms with Gasteiger partial charge in [-0.05, 0) is 40.3 Å². The van der Waals surface area contributed by atoms with Crippen molar-refractivity contribution < 1.29 is 28.7 Å². The number of ether oxygens (including phenoxy) is 3. The number of methoxy groups -OCH3 is 2. The van der Waals surface area contributed by atoms with Gasteiger partial charge in [0.1, 0.15) is 0 Å². The third-order valence-corrected chi connectivity index (χ3v) is 4.56. The maximum Gasteiger partial charge on any atom is 0.343 e. The Morgan fingerprint density at radius 2 is 2.00 bits per heavy atom. The average Bonchev–Trinajstić information content (AvgIpc) is 2.72. The number of nitrogens with one attached hydrogen (secondary N) is 1. The minimum Gasteiger partial charge on any atom is -0.493 e. The van der Waals surface area contributed by atoms with Gasteiger partial charge in [-0.1, -0.05) is 18.2 Å². The molecular weight excluding hydrogens is 509 g/mol. The molecule has 0 unspecified atom stereocenters. The molecule has 2 rings (SSSR count). The molecule has 0 spiro atoms. The third-order valence-electron chi connectivity index (χ3n) is 3.76. The molecule has 2 aromatic carbocycles. The predicted molar refractivity (Wildman–Crippen MR) is 116 cm³/mol. The van der Waals surface area contributed by atoms with Crippen LogP contribution in [0.1, 0.15) is 11.1 Å². The van der Waals surface area contributed by atoms with Crippen LogP contribution in [0.5, 0.6) is 11.5 Å². The molecule has 158 valence electrons. The van der Waals surface area contributed by atoms with Gasteiger partial charge in [-0.3, -0.25) is 14.9 Å². The molecule has 1 amide bonds. The minimum absolute atomic E-state index is 0.126. The van der Waals surface area contributed by atoms with Crippen molar-refractivity contribution in [3.05, 3.63) is 61.2 Å². The number of halogens is 1. The Labute approximate surface area is 185 Å². The van der Waals surface area contributed by atoms with Gasteiger partial charge in [0.25, 0.3) is 5.69 Å². The van der Waals surface area contributed by atoms with Crippen LogP contribution in [-0.2, 0) is 20.7 Å². The van der Waals surface area contributed by atoms with Crippen LogP contribution >= 0.6 is 22.6 Å². The van der Waals surface area contributed by atoms with Gasteiger partial charge in [-0.25, -0.2) is 10.2 Å². The quantitative estimate of drug-likeness (QED) is 0.174. The van der Waals surface area contributed by atoms with Gasteiger partial charge >= 0.3 is 5.97 Å². The highest BCUT2D eigenvalue weighted by Crippen LogP contribution is 2.33. The zero-order valence-corrected chi connectivity index (χ0v) is 18.2. The molecule has 0 bridgehead atoms. The molecule has 0 aliphatic carbocycles. The first-order valence-corrected chi connectivity index (χ1v) is 9.55. The molecule has 0 aliphatic rings. The van der Waals surface area contributed by atoms with Crippen molar-refractivity contribution in [2.24, 2.45) is 5.10 Å². The van der Waals surface area contributed by atoms with Gasteiger partial charge in [-0.15, -0.1) is 0 Å². The summed E-state index contributed by atoms with van der Waals surface area (Å²) in [5.41, 5.74) is 3.11. The van der Waals surface area contributed by atoms with Crippen molar-refractivity contribution >= 4 is 46.4 Å². The zero-order chi connectivity index (χ0) is 22.1. The maximum absolute atomic E-state index is 12.1. The minimum atomic E-state index is -0.538. The Morgan fingerprint density at radius 3 is 2.67 bits per heavy atom. The van der Waals surface area contributed by atoms with Crippen molar-refractivity contribution in [2.75, 3.05) is 20.8 Å². The molecule has 0 saturated heterocycles. The second-order valence-electron chi connectivity index (χ2n) is 5.75. The summed E-state index contributed by atoms with van der Waals surface area (Å²) in [6, 6.07) is 9.34. The second-order valence-corrected chi connectivity index (χ2v) is 6.92. The van der Waals surface area contributed by atoms with Crippen LogP contribution < -0.4 is 14.9 Å². The summed E-state index contributed by atoms with van der Waals surface area (Å²) >= 11 is 2.01. The molecule has 10 nitrogen and oxygen atoms in total. The molecule has 0 fully saturated rings. The van der Waals surface area contributed by atoms with Crippen LogP contribution in [0.15, 0.2) is 41.5 Å². The number of benzene rings is 2. The lowest BCUT2D eigenvalue weighted by Crippen LogP contribution is -2.20. The number of nitro benzene ring substituents is 1. The van der Waals surface area contributed by atoms with E-state index in [1.54, 1.807) is 18.2 Å². The van der Waals surface area contributed by atoms with Crippen LogP contribution in [0, 0.1) is 13.7 Å². The van der Waals surface area contributed by atoms with Crippen molar-refractivity contribution in [3.8, 4) is 11.5 Å². The smallest absolute Gasteiger partial charge is 0.343 e. The Bertz CT molecular complexity index is 979. The topological polar surface area (TPSA) is 129 Å². The first-order valence-electron chi connectivity index (χ1n) is 8.47. The van der Waals surface area contributed by atoms with Crippen LogP contribution in [0.4, 0.5) is 5.69 Å². The second kappa shape index (κ2) is 11.1. The number of rotatable bonds is 9. The van der Waals surface area contributed by atoms with E-state index in [-0.39, 0.29) is 18.7 Å². The standard InChI is InChI=1S/C19H18IN3O7/c1-28-16-8-12(7-14(20)19(16)30-11-18(25)29-2)10-21-22-17(24)9-13-5-3-4-6-15(13)23(26)27/h3-8,10H,9,11H2,1-2H3,(H,22,24)/b21-10+. The molecule has 0 aliphatic heterocycles. The SMILES string of the molecule is COC(=O)COc1c(I)cc(/C=N/NC(=O)Cc2ccccc2[N+](=O)[O-])cc1OC. The first-order chi connectivity index (χ1) is 14.3. The summed E-state index contributed by atoms with van der Waals surface area (Å²) in [6.07, 6.45) is 1.21. The maximum atomic E-state index is 12.1. The van der Waals surface area contributed by atoms with E-state index in [0.29, 0.717) is 26.2 Å². The molecule has 0 heterocycles. The van der Waals surface area contributed by atoms with E-state index < -0.39 is 16.8 Å². The van der Waals surface area contributed by atoms with Gasteiger partial charge in [0.15, 0.2) is 18.1 Å². The molecule has 30 heavy (non-hydrogen) atoms. The van der Waals surface area contributed by atoms with Crippen LogP contribution in [0.2, 0.25) is 0 Å². The molecule has 0 atom stereocenters. The largest absolute Gasteiger partial charge is 0.493 e. The summed E-state index contributed by atoms with van der Waals surface area (Å²) in [5.74, 6) is -0.278. The number of nitrogens with zero attached hydrogens (tertiary/aromatic N) is 2. The fraction of sp³-hybridized carbons (Fsp3) is 0.211. The fourth-order valence-corrected chi connectivity index (χ4v) is 3.16. The highest BCUT2D eigenvalue weighted by molar-refractivity contribution is 14.1. The zero-order valence-electron chi connectivity index (χ0n) is 16.1. The number of carbonyl (C=O) groups excluding carboxylic acids is 2. The van der Waals surface area contributed by atoms with Gasteiger partial charge in [0.2, 0.25) is 5.91 Å². The van der Waals surface area contributed by atoms with Crippen molar-refractivity contribution in [2.45, 2.75) is 6.42 Å². The van der Waals surface area contributed by atoms with E-state index in [4.69, 9.17) is 9.47 Å². The fourth-order valence-electron chi connectivity index (χ4n) is 2.37. The van der Waals surface area contributed by atoms with E-state index in [9.17, 15) is 19.7 Å². The number of para-hydroxylation sites is 1. The Kier molecular flexibility index (Phi) is 8.53. The van der Waals surface area contributed by atoms with E-state index in [1.807, 2.05) is 22.6 Å². The summed E-state index contributed by atoms with van der Waals surface area (Å²) in [6.45, 7) is -0.266. The average molecular weight is 527 g/mol. The predicted octanol–water partition coefficient (Wildman–Crippen LogP) is 2.45. The van der Waals surface area contributed by atoms with Crippen LogP contribution in [0.3, 0.4) is 0 Å². The summed E-state index contributed by atoms with van der Waals surface area (Å²) in [7, 11) is 2.71. The number of hydrogen-bond acceptors (Lipinski definition) is 8. The highest BCUT2D eigenvalue weighted by atomic mass is 127. The number of esters is 1. The summed E-state index contributed by atoms with van der Waals surface area (Å²) in [5, 5.41) is 14.9. The molecule has 0 aromatic heterocycles. The van der Waals surface area contributed by atoms with Crippen molar-refractivity contribution in [1.82, 2.24) is 5.43 Å². The van der Waals surface area contributed by atoms with Crippen LogP contribution in [0.25, 0.3) is 0 Å². The number of nitro groups is 1. The van der Waals surface area contributed by atoms with Crippen molar-refractivity contribution in [1.29, 1.82) is 0 Å². The summed E-state index contributed by atoms with van der Waals surface area (Å²) in [4.78, 5) is 33.8. The van der Waals surface area contributed by atoms with E-state index in [0.717, 1.165) is 0 Å². The molecular formula is C19H18IN3O7. The highest BCUT2D eigenvalue weighted by Gasteiger charge is 2.15. The lowest BCUT2D eigenvalue weighted by atomic mass is 10.1. The van der Waals surface area contributed by atoms with Gasteiger partial charge < -0.3 is 14.2 Å². The molecule has 0 saturated carbocycles. The lowest BCUT2D eigenvalue weighted by molar-refractivity contribution is -0.385. The molecule has 2 aromatic rings. The number of hydrazone groups is 1. The van der Waals surface area contributed by atoms with Gasteiger partial charge in [0, 0.05) is 11.6 Å². The first kappa shape index (κ1) is 23.1. The van der Waals surface area contributed by atoms with E-state index in [1.165, 1.54) is 38.6 Å². The lowest BCUT2D eigenvalue weighted by Gasteiger charge is -2.12. The van der Waals surface area contributed by atoms with Crippen LogP contribution in [-0.4, -0.2) is 43.8 Å². The Balaban J connectivity index is 2.05. The number of amides is 1. The van der Waals surface area contributed by atoms with E-state index >= 15 is 0 Å². The molecule has 1 N–H and O–H groups in total. The normalized spacial score (nSPS) is 10.5. The monoisotopic (exact) mass is 527 g/mol. The number of hydrogen-bond donors (Lipinski definition) is 1. The van der Waals surface area contributed by atoms with E-state index in [2.05, 4.69) is 15.3 Å². The summed E-state index contributed by atoms with van der Waals surface area (Å²) < 4.78 is 15.9. The van der Waals surface area contributed by atoms with Crippen molar-refractivity contribution in [3.63, 3.8) is 0 Å². The van der Waals surface area contributed by atoms with Gasteiger partial charge in [0.05, 0.1) is 35.3 Å². The molecule has 0 radical (unpaired) electrons. The molecule has 11 heteroatoms. The number of carbonyl (C=O) groups is 2. The van der Waals surface area contributed by atoms with Gasteiger partial charge in [-0.2, -0.15) is 5.10 Å².